The molecule has 0 unspecified atom stereocenters. The van der Waals surface area contributed by atoms with Gasteiger partial charge in [0.1, 0.15) is 5.75 Å². The number of hydrogen-bond acceptors (Lipinski definition) is 3. The maximum Gasteiger partial charge on any atom is 0.417 e. The minimum absolute atomic E-state index is 0.189. The zero-order valence-electron chi connectivity index (χ0n) is 10.6. The van der Waals surface area contributed by atoms with Crippen molar-refractivity contribution in [1.82, 2.24) is 0 Å². The van der Waals surface area contributed by atoms with Crippen LogP contribution in [0.15, 0.2) is 30.9 Å². The van der Waals surface area contributed by atoms with Gasteiger partial charge in [-0.15, -0.1) is 6.58 Å². The Bertz CT molecular complexity index is 656. The predicted molar refractivity (Wildman–Crippen MR) is 73.9 cm³/mol. The van der Waals surface area contributed by atoms with E-state index in [1.54, 1.807) is 0 Å². The molecule has 0 aliphatic rings. The van der Waals surface area contributed by atoms with Gasteiger partial charge in [0, 0.05) is 5.69 Å². The molecule has 0 aliphatic heterocycles. The summed E-state index contributed by atoms with van der Waals surface area (Å²) in [5.41, 5.74) is -1.30. The number of carbonyl (C=O) groups is 1. The SMILES string of the molecule is C=CCS(=O)(=O)CC(=O)Nc1ccc(Cl)c(C(F)(F)F)c1. The van der Waals surface area contributed by atoms with Crippen molar-refractivity contribution >= 4 is 33.0 Å². The van der Waals surface area contributed by atoms with Gasteiger partial charge in [-0.25, -0.2) is 8.42 Å². The summed E-state index contributed by atoms with van der Waals surface area (Å²) < 4.78 is 60.7. The van der Waals surface area contributed by atoms with Crippen molar-refractivity contribution in [2.24, 2.45) is 0 Å². The van der Waals surface area contributed by atoms with E-state index < -0.39 is 44.0 Å². The number of anilines is 1. The van der Waals surface area contributed by atoms with Gasteiger partial charge in [0.15, 0.2) is 9.84 Å². The van der Waals surface area contributed by atoms with E-state index in [-0.39, 0.29) is 5.69 Å². The Morgan fingerprint density at radius 3 is 2.52 bits per heavy atom. The van der Waals surface area contributed by atoms with Crippen molar-refractivity contribution in [1.29, 1.82) is 0 Å². The first-order valence-corrected chi connectivity index (χ1v) is 7.73. The number of amides is 1. The molecular weight excluding hydrogens is 331 g/mol. The zero-order valence-corrected chi connectivity index (χ0v) is 12.1. The maximum atomic E-state index is 12.6. The van der Waals surface area contributed by atoms with Crippen LogP contribution in [0.4, 0.5) is 18.9 Å². The smallest absolute Gasteiger partial charge is 0.325 e. The molecule has 0 bridgehead atoms. The molecule has 116 valence electrons. The zero-order chi connectivity index (χ0) is 16.3. The van der Waals surface area contributed by atoms with E-state index in [9.17, 15) is 26.4 Å². The Morgan fingerprint density at radius 1 is 1.38 bits per heavy atom. The number of alkyl halides is 3. The molecule has 0 saturated carbocycles. The third-order valence-electron chi connectivity index (χ3n) is 2.28. The summed E-state index contributed by atoms with van der Waals surface area (Å²) in [6.45, 7) is 3.23. The topological polar surface area (TPSA) is 63.2 Å². The molecule has 0 heterocycles. The van der Waals surface area contributed by atoms with E-state index in [1.165, 1.54) is 0 Å². The van der Waals surface area contributed by atoms with Crippen molar-refractivity contribution in [2.45, 2.75) is 6.18 Å². The number of nitrogens with one attached hydrogen (secondary N) is 1. The van der Waals surface area contributed by atoms with Gasteiger partial charge in [0.2, 0.25) is 5.91 Å². The number of rotatable bonds is 5. The fraction of sp³-hybridized carbons (Fsp3) is 0.250. The van der Waals surface area contributed by atoms with Gasteiger partial charge in [0.05, 0.1) is 16.3 Å². The van der Waals surface area contributed by atoms with Crippen LogP contribution in [-0.4, -0.2) is 25.8 Å². The molecule has 1 aromatic rings. The Balaban J connectivity index is 2.90. The number of hydrogen-bond donors (Lipinski definition) is 1. The largest absolute Gasteiger partial charge is 0.417 e. The highest BCUT2D eigenvalue weighted by Gasteiger charge is 2.33. The molecule has 21 heavy (non-hydrogen) atoms. The number of benzene rings is 1. The summed E-state index contributed by atoms with van der Waals surface area (Å²) in [4.78, 5) is 11.5. The average Bonchev–Trinajstić information content (AvgIpc) is 2.29. The van der Waals surface area contributed by atoms with Gasteiger partial charge in [-0.3, -0.25) is 4.79 Å². The minimum atomic E-state index is -4.67. The number of halogens is 4. The lowest BCUT2D eigenvalue weighted by atomic mass is 10.2. The fourth-order valence-electron chi connectivity index (χ4n) is 1.46. The second-order valence-corrected chi connectivity index (χ2v) is 6.60. The minimum Gasteiger partial charge on any atom is -0.325 e. The van der Waals surface area contributed by atoms with Crippen molar-refractivity contribution in [2.75, 3.05) is 16.8 Å². The molecule has 1 aromatic carbocycles. The quantitative estimate of drug-likeness (QED) is 0.838. The molecule has 4 nitrogen and oxygen atoms in total. The molecule has 0 aromatic heterocycles. The molecule has 0 spiro atoms. The van der Waals surface area contributed by atoms with E-state index in [1.807, 2.05) is 0 Å². The summed E-state index contributed by atoms with van der Waals surface area (Å²) >= 11 is 5.43. The molecule has 0 atom stereocenters. The maximum absolute atomic E-state index is 12.6. The highest BCUT2D eigenvalue weighted by Crippen LogP contribution is 2.36. The molecule has 1 N–H and O–H groups in total. The van der Waals surface area contributed by atoms with Crippen molar-refractivity contribution in [3.8, 4) is 0 Å². The van der Waals surface area contributed by atoms with Crippen LogP contribution in [0.3, 0.4) is 0 Å². The third-order valence-corrected chi connectivity index (χ3v) is 4.05. The molecule has 1 amide bonds. The van der Waals surface area contributed by atoms with Gasteiger partial charge < -0.3 is 5.32 Å². The Hall–Kier alpha value is -1.54. The fourth-order valence-corrected chi connectivity index (χ4v) is 2.63. The monoisotopic (exact) mass is 341 g/mol. The van der Waals surface area contributed by atoms with E-state index in [4.69, 9.17) is 11.6 Å². The first-order valence-electron chi connectivity index (χ1n) is 5.53. The molecular formula is C12H11ClF3NO3S. The van der Waals surface area contributed by atoms with E-state index in [0.717, 1.165) is 18.2 Å². The summed E-state index contributed by atoms with van der Waals surface area (Å²) in [5.74, 6) is -2.18. The van der Waals surface area contributed by atoms with Crippen LogP contribution in [0, 0.1) is 0 Å². The van der Waals surface area contributed by atoms with E-state index in [0.29, 0.717) is 6.07 Å². The van der Waals surface area contributed by atoms with Crippen LogP contribution in [0.2, 0.25) is 5.02 Å². The third kappa shape index (κ3) is 5.39. The molecule has 0 fully saturated rings. The molecule has 0 aliphatic carbocycles. The van der Waals surface area contributed by atoms with Gasteiger partial charge >= 0.3 is 6.18 Å². The van der Waals surface area contributed by atoms with Crippen molar-refractivity contribution in [3.05, 3.63) is 41.4 Å². The normalized spacial score (nSPS) is 12.0. The summed E-state index contributed by atoms with van der Waals surface area (Å²) in [7, 11) is -3.68. The molecule has 0 saturated heterocycles. The Morgan fingerprint density at radius 2 is 2.00 bits per heavy atom. The summed E-state index contributed by atoms with van der Waals surface area (Å²) in [5, 5.41) is 1.57. The Labute approximate surface area is 124 Å². The summed E-state index contributed by atoms with van der Waals surface area (Å²) in [6, 6.07) is 2.76. The lowest BCUT2D eigenvalue weighted by molar-refractivity contribution is -0.137. The number of carbonyl (C=O) groups excluding carboxylic acids is 1. The van der Waals surface area contributed by atoms with Crippen molar-refractivity contribution in [3.63, 3.8) is 0 Å². The van der Waals surface area contributed by atoms with Crippen LogP contribution in [0.25, 0.3) is 0 Å². The number of sulfone groups is 1. The average molecular weight is 342 g/mol. The van der Waals surface area contributed by atoms with Gasteiger partial charge in [-0.1, -0.05) is 17.7 Å². The van der Waals surface area contributed by atoms with Gasteiger partial charge in [-0.05, 0) is 18.2 Å². The molecule has 1 rings (SSSR count). The van der Waals surface area contributed by atoms with Crippen LogP contribution < -0.4 is 5.32 Å². The van der Waals surface area contributed by atoms with E-state index >= 15 is 0 Å². The standard InChI is InChI=1S/C12H11ClF3NO3S/c1-2-5-21(19,20)7-11(18)17-8-3-4-10(13)9(6-8)12(14,15)16/h2-4,6H,1,5,7H2,(H,17,18). The van der Waals surface area contributed by atoms with E-state index in [2.05, 4.69) is 11.9 Å². The first-order chi connectivity index (χ1) is 9.55. The van der Waals surface area contributed by atoms with Gasteiger partial charge in [-0.2, -0.15) is 13.2 Å². The van der Waals surface area contributed by atoms with Crippen LogP contribution in [0.5, 0.6) is 0 Å². The van der Waals surface area contributed by atoms with Crippen LogP contribution in [0.1, 0.15) is 5.56 Å². The van der Waals surface area contributed by atoms with Gasteiger partial charge in [0.25, 0.3) is 0 Å². The lowest BCUT2D eigenvalue weighted by Gasteiger charge is -2.11. The van der Waals surface area contributed by atoms with Crippen molar-refractivity contribution < 1.29 is 26.4 Å². The summed E-state index contributed by atoms with van der Waals surface area (Å²) in [6.07, 6.45) is -3.56. The molecule has 0 radical (unpaired) electrons. The highest BCUT2D eigenvalue weighted by atomic mass is 35.5. The van der Waals surface area contributed by atoms with Crippen LogP contribution in [-0.2, 0) is 20.8 Å². The second kappa shape index (κ2) is 6.48. The highest BCUT2D eigenvalue weighted by molar-refractivity contribution is 7.92. The Kier molecular flexibility index (Phi) is 5.41. The first kappa shape index (κ1) is 17.5. The lowest BCUT2D eigenvalue weighted by Crippen LogP contribution is -2.24. The predicted octanol–water partition coefficient (Wildman–Crippen LogP) is 2.90. The molecule has 9 heteroatoms. The van der Waals surface area contributed by atoms with Crippen LogP contribution >= 0.6 is 11.6 Å². The second-order valence-electron chi connectivity index (χ2n) is 4.08.